The summed E-state index contributed by atoms with van der Waals surface area (Å²) in [4.78, 5) is 39.6. The van der Waals surface area contributed by atoms with Crippen LogP contribution in [-0.2, 0) is 66.5 Å². The standard InChI is InChI=1S/C46H77NO35/c1-12-15(55)4-45(43(68)69,79-32(12)24(59)17(57)6-48)81-37-27(62)20(9-51)74-41(30(37)65)78-36-23(47-14(3)54)40(73-19(8-50)26(36)61)77-35-22(11-53)75-42(76-34-21(10-52)72-39(67)29(64)28(34)63)31(66)38(35)82-46(44(70)71)5-16(56)13(2)33(80-46)25(60)18(58)7-49/h12-13,15-42,48-53,55-67H,4-11H2,1-3H3,(H,47,54)(H,68,69)(H,70,71)/t12-,13-,15?,16?,17-,18-,19?,20?,21?,22?,23?,24-,25-,26+,27+,28-,29?,30?,31?,32-,33-,34-,35+,36-,37+,38-,39?,40+,41+,42+,45+,46+/m1/s1. The van der Waals surface area contributed by atoms with Crippen LogP contribution in [0.3, 0.4) is 0 Å². The van der Waals surface area contributed by atoms with Crippen molar-refractivity contribution < 1.29 is 174 Å². The maximum Gasteiger partial charge on any atom is 0.364 e. The van der Waals surface area contributed by atoms with E-state index in [4.69, 9.17) is 52.1 Å². The number of nitrogens with one attached hydrogen (secondary N) is 1. The molecule has 6 heterocycles. The van der Waals surface area contributed by atoms with Crippen LogP contribution in [-0.4, -0.2) is 348 Å². The van der Waals surface area contributed by atoms with Crippen molar-refractivity contribution in [1.82, 2.24) is 5.32 Å². The minimum absolute atomic E-state index is 0.903. The van der Waals surface area contributed by atoms with Gasteiger partial charge in [-0.2, -0.15) is 0 Å². The first kappa shape index (κ1) is 68.3. The van der Waals surface area contributed by atoms with Crippen LogP contribution in [0.1, 0.15) is 33.6 Å². The summed E-state index contributed by atoms with van der Waals surface area (Å²) in [5.74, 6) is -13.9. The van der Waals surface area contributed by atoms with Crippen LogP contribution >= 0.6 is 0 Å². The van der Waals surface area contributed by atoms with Gasteiger partial charge in [-0.15, -0.1) is 0 Å². The largest absolute Gasteiger partial charge is 0.477 e. The molecule has 0 aliphatic carbocycles. The molecule has 0 spiro atoms. The van der Waals surface area contributed by atoms with E-state index in [2.05, 4.69) is 5.32 Å². The minimum Gasteiger partial charge on any atom is -0.477 e. The molecule has 36 nitrogen and oxygen atoms in total. The summed E-state index contributed by atoms with van der Waals surface area (Å²) in [6, 6.07) is -2.03. The molecule has 1 amide bonds. The van der Waals surface area contributed by atoms with E-state index in [1.54, 1.807) is 0 Å². The van der Waals surface area contributed by atoms with Crippen molar-refractivity contribution in [3.8, 4) is 0 Å². The predicted molar refractivity (Wildman–Crippen MR) is 251 cm³/mol. The van der Waals surface area contributed by atoms with Gasteiger partial charge in [0.15, 0.2) is 25.2 Å². The average molecular weight is 1200 g/mol. The molecule has 6 aliphatic heterocycles. The Bertz CT molecular complexity index is 2070. The van der Waals surface area contributed by atoms with Gasteiger partial charge in [0.2, 0.25) is 5.91 Å². The Morgan fingerprint density at radius 3 is 1.33 bits per heavy atom. The lowest BCUT2D eigenvalue weighted by Crippen LogP contribution is -2.71. The summed E-state index contributed by atoms with van der Waals surface area (Å²) in [5.41, 5.74) is 0. The normalized spacial score (nSPS) is 47.2. The van der Waals surface area contributed by atoms with Crippen molar-refractivity contribution in [2.24, 2.45) is 11.8 Å². The van der Waals surface area contributed by atoms with Crippen molar-refractivity contribution in [3.63, 3.8) is 0 Å². The number of carboxylic acid groups (broad SMARTS) is 2. The number of amides is 1. The number of ether oxygens (including phenoxy) is 11. The first-order chi connectivity index (χ1) is 38.5. The van der Waals surface area contributed by atoms with E-state index in [0.29, 0.717) is 0 Å². The molecule has 6 rings (SSSR count). The average Bonchev–Trinajstić information content (AvgIpc) is 2.66. The number of hydrogen-bond acceptors (Lipinski definition) is 33. The maximum atomic E-state index is 13.5. The molecule has 6 fully saturated rings. The molecule has 22 N–H and O–H groups in total. The first-order valence-corrected chi connectivity index (χ1v) is 26.0. The lowest BCUT2D eigenvalue weighted by atomic mass is 9.84. The zero-order valence-corrected chi connectivity index (χ0v) is 44.1. The van der Waals surface area contributed by atoms with Crippen molar-refractivity contribution >= 4 is 17.8 Å². The fourth-order valence-corrected chi connectivity index (χ4v) is 10.7. The van der Waals surface area contributed by atoms with Gasteiger partial charge in [-0.3, -0.25) is 4.79 Å². The molecule has 0 radical (unpaired) electrons. The second-order valence-corrected chi connectivity index (χ2v) is 21.1. The molecule has 0 saturated carbocycles. The summed E-state index contributed by atoms with van der Waals surface area (Å²) in [5, 5.41) is 228. The Kier molecular flexibility index (Phi) is 23.6. The number of carboxylic acids is 2. The molecular weight excluding hydrogens is 1130 g/mol. The lowest BCUT2D eigenvalue weighted by Gasteiger charge is -2.53. The van der Waals surface area contributed by atoms with Crippen molar-refractivity contribution in [2.45, 2.75) is 217 Å². The second kappa shape index (κ2) is 28.4. The molecular formula is C46H77NO35. The number of aliphatic hydroxyl groups is 19. The Labute approximate surface area is 464 Å². The molecule has 6 saturated heterocycles. The van der Waals surface area contributed by atoms with Crippen molar-refractivity contribution in [3.05, 3.63) is 0 Å². The summed E-state index contributed by atoms with van der Waals surface area (Å²) in [7, 11) is 0. The Morgan fingerprint density at radius 2 is 0.890 bits per heavy atom. The fourth-order valence-electron chi connectivity index (χ4n) is 10.7. The minimum atomic E-state index is -3.26. The molecule has 82 heavy (non-hydrogen) atoms. The van der Waals surface area contributed by atoms with E-state index in [1.807, 2.05) is 0 Å². The van der Waals surface area contributed by atoms with Gasteiger partial charge in [0.05, 0.1) is 64.1 Å². The van der Waals surface area contributed by atoms with Gasteiger partial charge in [0, 0.05) is 31.6 Å². The maximum absolute atomic E-state index is 13.5. The van der Waals surface area contributed by atoms with E-state index in [9.17, 15) is 122 Å². The zero-order chi connectivity index (χ0) is 61.2. The molecule has 0 aromatic heterocycles. The van der Waals surface area contributed by atoms with Gasteiger partial charge < -0.3 is 165 Å². The third-order valence-electron chi connectivity index (χ3n) is 15.6. The van der Waals surface area contributed by atoms with Crippen LogP contribution in [0.5, 0.6) is 0 Å². The highest BCUT2D eigenvalue weighted by Crippen LogP contribution is 2.43. The summed E-state index contributed by atoms with van der Waals surface area (Å²) < 4.78 is 63.8. The molecule has 0 aromatic carbocycles. The van der Waals surface area contributed by atoms with E-state index in [0.717, 1.165) is 6.92 Å². The highest BCUT2D eigenvalue weighted by atomic mass is 16.8. The van der Waals surface area contributed by atoms with Gasteiger partial charge in [-0.25, -0.2) is 9.59 Å². The molecule has 32 atom stereocenters. The molecule has 0 bridgehead atoms. The molecule has 0 aromatic rings. The first-order valence-electron chi connectivity index (χ1n) is 26.0. The Morgan fingerprint density at radius 1 is 0.500 bits per heavy atom. The van der Waals surface area contributed by atoms with Gasteiger partial charge in [-0.05, 0) is 0 Å². The topological polar surface area (TPSA) is 590 Å². The number of carbonyl (C=O) groups is 3. The van der Waals surface area contributed by atoms with Gasteiger partial charge in [0.1, 0.15) is 122 Å². The Hall–Kier alpha value is -2.79. The smallest absolute Gasteiger partial charge is 0.364 e. The molecule has 11 unspecified atom stereocenters. The van der Waals surface area contributed by atoms with Gasteiger partial charge in [0.25, 0.3) is 11.6 Å². The SMILES string of the molecule is CC(=O)NC1[C@H](O[C@H]2C(CO)O[C@@H](O[C@@H]3C(CO)OC(O)C(O)[C@H]3O)C(O)[C@H]2O[C@]2(C(=O)O)CC(O)[C@@H](C)[C@H]([C@H](O)[C@H](O)CO)O2)OC(CO)[C@H](O)[C@@H]1O[C@@H]1OC(CO)[C@H](O)[C@H](O[C@]2(C(=O)O)CC(O)[C@@H](C)[C@H]([C@H](O)[C@H](O)CO)O2)C1O. The summed E-state index contributed by atoms with van der Waals surface area (Å²) in [6.07, 6.45) is -58.9. The highest BCUT2D eigenvalue weighted by molar-refractivity contribution is 5.76. The van der Waals surface area contributed by atoms with E-state index >= 15 is 0 Å². The van der Waals surface area contributed by atoms with Gasteiger partial charge >= 0.3 is 11.9 Å². The van der Waals surface area contributed by atoms with E-state index in [1.165, 1.54) is 13.8 Å². The fraction of sp³-hybridized carbons (Fsp3) is 0.935. The second-order valence-electron chi connectivity index (χ2n) is 21.1. The molecule has 476 valence electrons. The number of rotatable bonds is 23. The summed E-state index contributed by atoms with van der Waals surface area (Å²) >= 11 is 0. The van der Waals surface area contributed by atoms with E-state index in [-0.39, 0.29) is 0 Å². The van der Waals surface area contributed by atoms with Crippen LogP contribution in [0.15, 0.2) is 0 Å². The predicted octanol–water partition coefficient (Wildman–Crippen LogP) is -13.0. The van der Waals surface area contributed by atoms with Crippen LogP contribution in [0, 0.1) is 11.8 Å². The number of hydrogen-bond donors (Lipinski definition) is 22. The van der Waals surface area contributed by atoms with Crippen molar-refractivity contribution in [2.75, 3.05) is 39.6 Å². The van der Waals surface area contributed by atoms with Crippen LogP contribution < -0.4 is 5.32 Å². The van der Waals surface area contributed by atoms with Crippen LogP contribution in [0.25, 0.3) is 0 Å². The third kappa shape index (κ3) is 14.0. The molecule has 6 aliphatic rings. The number of carbonyl (C=O) groups excluding carboxylic acids is 1. The lowest BCUT2D eigenvalue weighted by molar-refractivity contribution is -0.405. The van der Waals surface area contributed by atoms with Crippen molar-refractivity contribution in [1.29, 1.82) is 0 Å². The number of aliphatic hydroxyl groups excluding tert-OH is 19. The highest BCUT2D eigenvalue weighted by Gasteiger charge is 2.63. The van der Waals surface area contributed by atoms with Gasteiger partial charge in [-0.1, -0.05) is 13.8 Å². The number of aliphatic carboxylic acids is 2. The third-order valence-corrected chi connectivity index (χ3v) is 15.6. The van der Waals surface area contributed by atoms with Crippen LogP contribution in [0.2, 0.25) is 0 Å². The van der Waals surface area contributed by atoms with E-state index < -0.39 is 265 Å². The molecule has 36 heteroatoms. The Balaban J connectivity index is 1.40. The van der Waals surface area contributed by atoms with Crippen LogP contribution in [0.4, 0.5) is 0 Å². The quantitative estimate of drug-likeness (QED) is 0.0452. The monoisotopic (exact) mass is 1200 g/mol. The summed E-state index contributed by atoms with van der Waals surface area (Å²) in [6.45, 7) is -3.37. The zero-order valence-electron chi connectivity index (χ0n) is 44.1.